The lowest BCUT2D eigenvalue weighted by Crippen LogP contribution is -2.25. The predicted molar refractivity (Wildman–Crippen MR) is 211 cm³/mol. The van der Waals surface area contributed by atoms with Crippen LogP contribution in [0.3, 0.4) is 0 Å². The van der Waals surface area contributed by atoms with Gasteiger partial charge in [-0.25, -0.2) is 0 Å². The fourth-order valence-electron chi connectivity index (χ4n) is 10.4. The van der Waals surface area contributed by atoms with E-state index in [0.29, 0.717) is 0 Å². The van der Waals surface area contributed by atoms with Crippen LogP contribution in [-0.4, -0.2) is 4.57 Å². The summed E-state index contributed by atoms with van der Waals surface area (Å²) in [6.45, 7) is 0. The second kappa shape index (κ2) is 8.93. The first-order valence-electron chi connectivity index (χ1n) is 17.8. The van der Waals surface area contributed by atoms with Crippen molar-refractivity contribution in [3.05, 3.63) is 186 Å². The van der Waals surface area contributed by atoms with Crippen LogP contribution in [0.25, 0.3) is 93.2 Å². The monoisotopic (exact) mass is 645 g/mol. The Morgan fingerprint density at radius 2 is 0.980 bits per heavy atom. The van der Waals surface area contributed by atoms with Crippen LogP contribution in [0.5, 0.6) is 0 Å². The summed E-state index contributed by atoms with van der Waals surface area (Å²) in [6.07, 6.45) is 0. The molecule has 0 aliphatic heterocycles. The van der Waals surface area contributed by atoms with E-state index in [1.165, 1.54) is 98.6 Å². The summed E-state index contributed by atoms with van der Waals surface area (Å²) in [5, 5.41) is 9.91. The van der Waals surface area contributed by atoms with Crippen LogP contribution in [0.1, 0.15) is 22.3 Å². The lowest BCUT2D eigenvalue weighted by atomic mass is 9.70. The number of fused-ring (bicyclic) bond motifs is 17. The van der Waals surface area contributed by atoms with Crippen LogP contribution in [0.4, 0.5) is 0 Å². The quantitative estimate of drug-likeness (QED) is 0.163. The molecular weight excluding hydrogens is 619 g/mol. The topological polar surface area (TPSA) is 18.1 Å². The van der Waals surface area contributed by atoms with Crippen LogP contribution in [0.2, 0.25) is 0 Å². The maximum absolute atomic E-state index is 6.74. The van der Waals surface area contributed by atoms with E-state index >= 15 is 0 Å². The summed E-state index contributed by atoms with van der Waals surface area (Å²) in [4.78, 5) is 0. The molecule has 234 valence electrons. The first-order valence-corrected chi connectivity index (χ1v) is 17.8. The Morgan fingerprint density at radius 1 is 0.392 bits per heavy atom. The van der Waals surface area contributed by atoms with Crippen molar-refractivity contribution in [1.82, 2.24) is 4.57 Å². The van der Waals surface area contributed by atoms with E-state index in [4.69, 9.17) is 4.42 Å². The average molecular weight is 646 g/mol. The van der Waals surface area contributed by atoms with Crippen molar-refractivity contribution >= 4 is 65.3 Å². The van der Waals surface area contributed by atoms with Gasteiger partial charge in [-0.15, -0.1) is 0 Å². The predicted octanol–water partition coefficient (Wildman–Crippen LogP) is 12.8. The average Bonchev–Trinajstić information content (AvgIpc) is 3.91. The van der Waals surface area contributed by atoms with Crippen molar-refractivity contribution in [1.29, 1.82) is 0 Å². The molecular formula is C49H27NO. The minimum absolute atomic E-state index is 0.404. The summed E-state index contributed by atoms with van der Waals surface area (Å²) in [7, 11) is 0. The molecule has 13 rings (SSSR count). The first kappa shape index (κ1) is 26.3. The Morgan fingerprint density at radius 3 is 1.75 bits per heavy atom. The van der Waals surface area contributed by atoms with Gasteiger partial charge in [-0.05, 0) is 78.7 Å². The summed E-state index contributed by atoms with van der Waals surface area (Å²) in [5.74, 6) is 0. The van der Waals surface area contributed by atoms with E-state index in [1.54, 1.807) is 0 Å². The molecule has 0 bridgehead atoms. The Labute approximate surface area is 292 Å². The van der Waals surface area contributed by atoms with Crippen molar-refractivity contribution in [2.75, 3.05) is 0 Å². The van der Waals surface area contributed by atoms with Crippen LogP contribution in [0.15, 0.2) is 168 Å². The van der Waals surface area contributed by atoms with E-state index in [2.05, 4.69) is 168 Å². The molecule has 11 aromatic rings. The molecule has 0 unspecified atom stereocenters. The fourth-order valence-corrected chi connectivity index (χ4v) is 10.4. The van der Waals surface area contributed by atoms with Crippen LogP contribution < -0.4 is 0 Å². The van der Waals surface area contributed by atoms with Gasteiger partial charge in [0, 0.05) is 33.2 Å². The standard InChI is InChI=1S/C49H27NO/c1-2-13-30-29(12-1)34-18-11-23-43-46(34)47-37(30)26-28(27-44(47)51-43)50-42-22-10-6-16-33(42)35-24-25-41-45(48(35)50)36-17-5-9-21-40(36)49(41)38-19-7-3-14-31(38)32-15-4-8-20-39(32)49/h1-27H. The summed E-state index contributed by atoms with van der Waals surface area (Å²) >= 11 is 0. The lowest BCUT2D eigenvalue weighted by molar-refractivity contribution is 0.669. The van der Waals surface area contributed by atoms with Gasteiger partial charge in [-0.1, -0.05) is 140 Å². The third kappa shape index (κ3) is 2.92. The molecule has 0 N–H and O–H groups in total. The second-order valence-corrected chi connectivity index (χ2v) is 14.3. The van der Waals surface area contributed by atoms with E-state index < -0.39 is 5.41 Å². The number of rotatable bonds is 1. The number of benzene rings is 9. The smallest absolute Gasteiger partial charge is 0.138 e. The number of aromatic nitrogens is 1. The van der Waals surface area contributed by atoms with Gasteiger partial charge in [0.1, 0.15) is 11.2 Å². The van der Waals surface area contributed by atoms with Crippen molar-refractivity contribution in [3.63, 3.8) is 0 Å². The summed E-state index contributed by atoms with van der Waals surface area (Å²) < 4.78 is 9.26. The molecule has 2 aliphatic rings. The highest BCUT2D eigenvalue weighted by molar-refractivity contribution is 6.33. The van der Waals surface area contributed by atoms with Gasteiger partial charge >= 0.3 is 0 Å². The van der Waals surface area contributed by atoms with Gasteiger partial charge in [0.05, 0.1) is 22.1 Å². The van der Waals surface area contributed by atoms with Gasteiger partial charge in [0.2, 0.25) is 0 Å². The van der Waals surface area contributed by atoms with E-state index in [9.17, 15) is 0 Å². The minimum Gasteiger partial charge on any atom is -0.456 e. The zero-order valence-corrected chi connectivity index (χ0v) is 27.4. The van der Waals surface area contributed by atoms with E-state index in [-0.39, 0.29) is 0 Å². The molecule has 2 aromatic heterocycles. The molecule has 0 amide bonds. The van der Waals surface area contributed by atoms with Gasteiger partial charge in [-0.2, -0.15) is 0 Å². The molecule has 51 heavy (non-hydrogen) atoms. The van der Waals surface area contributed by atoms with Crippen LogP contribution >= 0.6 is 0 Å². The molecule has 0 fully saturated rings. The number of hydrogen-bond acceptors (Lipinski definition) is 1. The molecule has 0 saturated carbocycles. The first-order chi connectivity index (χ1) is 25.3. The number of hydrogen-bond donors (Lipinski definition) is 0. The number of nitrogens with zero attached hydrogens (tertiary/aromatic N) is 1. The summed E-state index contributed by atoms with van der Waals surface area (Å²) in [6, 6.07) is 60.9. The number of furan rings is 1. The lowest BCUT2D eigenvalue weighted by Gasteiger charge is -2.30. The van der Waals surface area contributed by atoms with Crippen molar-refractivity contribution < 1.29 is 4.42 Å². The second-order valence-electron chi connectivity index (χ2n) is 14.3. The van der Waals surface area contributed by atoms with Crippen LogP contribution in [0, 0.1) is 0 Å². The molecule has 2 heteroatoms. The third-order valence-electron chi connectivity index (χ3n) is 12.1. The van der Waals surface area contributed by atoms with E-state index in [0.717, 1.165) is 16.9 Å². The van der Waals surface area contributed by atoms with E-state index in [1.807, 2.05) is 0 Å². The zero-order valence-electron chi connectivity index (χ0n) is 27.4. The third-order valence-corrected chi connectivity index (χ3v) is 12.1. The van der Waals surface area contributed by atoms with Gasteiger partial charge < -0.3 is 8.98 Å². The SMILES string of the molecule is c1ccc2c(c1)-c1ccccc1C21c2ccccc2-c2c1ccc1c3ccccc3n(-c3cc4oc5cccc6c7ccccc7c(c3)c4c56)c21. The Kier molecular flexibility index (Phi) is 4.60. The molecule has 0 radical (unpaired) electrons. The van der Waals surface area contributed by atoms with Crippen LogP contribution in [-0.2, 0) is 5.41 Å². The largest absolute Gasteiger partial charge is 0.456 e. The Hall–Kier alpha value is -6.64. The highest BCUT2D eigenvalue weighted by Crippen LogP contribution is 2.64. The van der Waals surface area contributed by atoms with Crippen molar-refractivity contribution in [3.8, 4) is 27.9 Å². The Balaban J connectivity index is 1.23. The fraction of sp³-hybridized carbons (Fsp3) is 0.0204. The Bertz CT molecular complexity index is 3270. The number of para-hydroxylation sites is 1. The van der Waals surface area contributed by atoms with Gasteiger partial charge in [-0.3, -0.25) is 0 Å². The molecule has 9 aromatic carbocycles. The maximum Gasteiger partial charge on any atom is 0.138 e. The zero-order chi connectivity index (χ0) is 33.0. The minimum atomic E-state index is -0.404. The molecule has 2 nitrogen and oxygen atoms in total. The maximum atomic E-state index is 6.74. The molecule has 0 saturated heterocycles. The molecule has 1 spiro atoms. The highest BCUT2D eigenvalue weighted by atomic mass is 16.3. The highest BCUT2D eigenvalue weighted by Gasteiger charge is 2.52. The van der Waals surface area contributed by atoms with Crippen molar-refractivity contribution in [2.24, 2.45) is 0 Å². The molecule has 0 atom stereocenters. The van der Waals surface area contributed by atoms with Gasteiger partial charge in [0.15, 0.2) is 0 Å². The summed E-state index contributed by atoms with van der Waals surface area (Å²) in [5.41, 5.74) is 15.7. The molecule has 2 heterocycles. The molecule has 2 aliphatic carbocycles. The van der Waals surface area contributed by atoms with Gasteiger partial charge in [0.25, 0.3) is 0 Å². The normalized spacial score (nSPS) is 14.0. The van der Waals surface area contributed by atoms with Crippen molar-refractivity contribution in [2.45, 2.75) is 5.41 Å².